The number of nitrogens with zero attached hydrogens (tertiary/aromatic N) is 1. The average Bonchev–Trinajstić information content (AvgIpc) is 2.72. The molecule has 0 saturated heterocycles. The maximum absolute atomic E-state index is 13.4. The van der Waals surface area contributed by atoms with Gasteiger partial charge in [-0.1, -0.05) is 6.07 Å². The third-order valence-electron chi connectivity index (χ3n) is 2.41. The van der Waals surface area contributed by atoms with Gasteiger partial charge in [-0.25, -0.2) is 4.39 Å². The minimum absolute atomic E-state index is 0.164. The molecule has 1 aromatic carbocycles. The summed E-state index contributed by atoms with van der Waals surface area (Å²) in [7, 11) is 0. The first-order valence-electron chi connectivity index (χ1n) is 5.34. The first-order valence-corrected chi connectivity index (χ1v) is 5.34. The molecule has 0 saturated carbocycles. The first kappa shape index (κ1) is 12.1. The van der Waals surface area contributed by atoms with Crippen LogP contribution in [-0.2, 0) is 6.54 Å². The summed E-state index contributed by atoms with van der Waals surface area (Å²) in [5, 5.41) is 18.6. The minimum Gasteiger partial charge on any atom is -0.507 e. The Morgan fingerprint density at radius 3 is 2.94 bits per heavy atom. The number of carbonyl (C=O) groups excluding carboxylic acids is 1. The number of hydrogen-bond donors (Lipinski definition) is 3. The summed E-state index contributed by atoms with van der Waals surface area (Å²) in [6.45, 7) is 2.00. The third-order valence-corrected chi connectivity index (χ3v) is 2.41. The molecule has 0 fully saturated rings. The van der Waals surface area contributed by atoms with E-state index >= 15 is 0 Å². The molecule has 2 aromatic rings. The second kappa shape index (κ2) is 4.87. The molecule has 0 aliphatic heterocycles. The van der Waals surface area contributed by atoms with Gasteiger partial charge in [0.25, 0.3) is 5.91 Å². The number of benzene rings is 1. The van der Waals surface area contributed by atoms with E-state index in [4.69, 9.17) is 0 Å². The van der Waals surface area contributed by atoms with Gasteiger partial charge in [0.1, 0.15) is 17.1 Å². The number of aromatic amines is 1. The van der Waals surface area contributed by atoms with Crippen molar-refractivity contribution in [3.63, 3.8) is 0 Å². The van der Waals surface area contributed by atoms with Crippen LogP contribution in [0, 0.1) is 12.7 Å². The second-order valence-corrected chi connectivity index (χ2v) is 3.86. The normalized spacial score (nSPS) is 10.3. The molecule has 1 amide bonds. The van der Waals surface area contributed by atoms with Crippen molar-refractivity contribution in [3.05, 3.63) is 47.0 Å². The summed E-state index contributed by atoms with van der Waals surface area (Å²) < 4.78 is 13.4. The van der Waals surface area contributed by atoms with Crippen LogP contribution in [0.4, 0.5) is 4.39 Å². The molecule has 3 N–H and O–H groups in total. The largest absolute Gasteiger partial charge is 0.507 e. The molecule has 94 valence electrons. The number of halogens is 1. The highest BCUT2D eigenvalue weighted by Gasteiger charge is 2.16. The molecule has 1 aromatic heterocycles. The van der Waals surface area contributed by atoms with E-state index in [1.807, 2.05) is 6.92 Å². The number of H-pyrrole nitrogens is 1. The van der Waals surface area contributed by atoms with Crippen LogP contribution in [-0.4, -0.2) is 21.2 Å². The van der Waals surface area contributed by atoms with Crippen LogP contribution in [0.25, 0.3) is 0 Å². The molecule has 2 rings (SSSR count). The highest BCUT2D eigenvalue weighted by atomic mass is 19.1. The molecule has 0 unspecified atom stereocenters. The van der Waals surface area contributed by atoms with Crippen LogP contribution in [0.3, 0.4) is 0 Å². The molecule has 0 atom stereocenters. The fraction of sp³-hybridized carbons (Fsp3) is 0.167. The van der Waals surface area contributed by atoms with Crippen LogP contribution in [0.1, 0.15) is 21.7 Å². The second-order valence-electron chi connectivity index (χ2n) is 3.86. The standard InChI is InChI=1S/C12H12FN3O2/c1-7-5-8(16-15-7)6-14-12(18)11-9(13)3-2-4-10(11)17/h2-5,17H,6H2,1H3,(H,14,18)(H,15,16). The Morgan fingerprint density at radius 1 is 1.56 bits per heavy atom. The summed E-state index contributed by atoms with van der Waals surface area (Å²) in [4.78, 5) is 11.7. The van der Waals surface area contributed by atoms with Crippen LogP contribution in [0.15, 0.2) is 24.3 Å². The Bertz CT molecular complexity index is 560. The van der Waals surface area contributed by atoms with Crippen molar-refractivity contribution in [2.24, 2.45) is 0 Å². The fourth-order valence-corrected chi connectivity index (χ4v) is 1.56. The van der Waals surface area contributed by atoms with Gasteiger partial charge >= 0.3 is 0 Å². The number of phenols is 1. The maximum Gasteiger partial charge on any atom is 0.258 e. The highest BCUT2D eigenvalue weighted by Crippen LogP contribution is 2.19. The smallest absolute Gasteiger partial charge is 0.258 e. The van der Waals surface area contributed by atoms with Crippen LogP contribution >= 0.6 is 0 Å². The third kappa shape index (κ3) is 2.48. The van der Waals surface area contributed by atoms with E-state index in [1.54, 1.807) is 6.07 Å². The first-order chi connectivity index (χ1) is 8.58. The molecule has 5 nitrogen and oxygen atoms in total. The molecule has 0 bridgehead atoms. The van der Waals surface area contributed by atoms with Crippen LogP contribution in [0.2, 0.25) is 0 Å². The number of aromatic nitrogens is 2. The zero-order valence-electron chi connectivity index (χ0n) is 9.70. The number of amides is 1. The maximum atomic E-state index is 13.4. The van der Waals surface area contributed by atoms with Crippen LogP contribution < -0.4 is 5.32 Å². The number of hydrogen-bond acceptors (Lipinski definition) is 3. The SMILES string of the molecule is Cc1cc(CNC(=O)c2c(O)cccc2F)n[nH]1. The van der Waals surface area contributed by atoms with Crippen molar-refractivity contribution in [1.29, 1.82) is 0 Å². The summed E-state index contributed by atoms with van der Waals surface area (Å²) in [6.07, 6.45) is 0. The number of aryl methyl sites for hydroxylation is 1. The molecular weight excluding hydrogens is 237 g/mol. The van der Waals surface area contributed by atoms with E-state index in [-0.39, 0.29) is 17.9 Å². The number of carbonyl (C=O) groups is 1. The molecule has 1 heterocycles. The van der Waals surface area contributed by atoms with Crippen LogP contribution in [0.5, 0.6) is 5.75 Å². The zero-order valence-corrected chi connectivity index (χ0v) is 9.70. The minimum atomic E-state index is -0.759. The topological polar surface area (TPSA) is 78.0 Å². The van der Waals surface area contributed by atoms with Crippen molar-refractivity contribution in [1.82, 2.24) is 15.5 Å². The van der Waals surface area contributed by atoms with E-state index in [9.17, 15) is 14.3 Å². The summed E-state index contributed by atoms with van der Waals surface area (Å²) in [5.74, 6) is -1.82. The van der Waals surface area contributed by atoms with Gasteiger partial charge in [-0.05, 0) is 25.1 Å². The summed E-state index contributed by atoms with van der Waals surface area (Å²) >= 11 is 0. The number of nitrogens with one attached hydrogen (secondary N) is 2. The van der Waals surface area contributed by atoms with E-state index in [1.165, 1.54) is 12.1 Å². The lowest BCUT2D eigenvalue weighted by Crippen LogP contribution is -2.24. The van der Waals surface area contributed by atoms with Crippen molar-refractivity contribution in [2.75, 3.05) is 0 Å². The summed E-state index contributed by atoms with van der Waals surface area (Å²) in [5.41, 5.74) is 1.15. The monoisotopic (exact) mass is 249 g/mol. The molecule has 0 aliphatic rings. The molecular formula is C12H12FN3O2. The quantitative estimate of drug-likeness (QED) is 0.771. The van der Waals surface area contributed by atoms with E-state index < -0.39 is 11.7 Å². The van der Waals surface area contributed by atoms with E-state index in [0.717, 1.165) is 11.8 Å². The average molecular weight is 249 g/mol. The van der Waals surface area contributed by atoms with Gasteiger partial charge in [0, 0.05) is 5.69 Å². The number of aromatic hydroxyl groups is 1. The molecule has 0 radical (unpaired) electrons. The molecule has 18 heavy (non-hydrogen) atoms. The number of rotatable bonds is 3. The Hall–Kier alpha value is -2.37. The van der Waals surface area contributed by atoms with Crippen molar-refractivity contribution in [2.45, 2.75) is 13.5 Å². The molecule has 0 spiro atoms. The van der Waals surface area contributed by atoms with Gasteiger partial charge in [-0.2, -0.15) is 5.10 Å². The van der Waals surface area contributed by atoms with Gasteiger partial charge in [0.05, 0.1) is 12.2 Å². The van der Waals surface area contributed by atoms with Gasteiger partial charge in [-0.3, -0.25) is 9.89 Å². The number of phenolic OH excluding ortho intramolecular Hbond substituents is 1. The van der Waals surface area contributed by atoms with Gasteiger partial charge < -0.3 is 10.4 Å². The van der Waals surface area contributed by atoms with E-state index in [2.05, 4.69) is 15.5 Å². The Labute approximate surface area is 103 Å². The van der Waals surface area contributed by atoms with E-state index in [0.29, 0.717) is 5.69 Å². The molecule has 0 aliphatic carbocycles. The zero-order chi connectivity index (χ0) is 13.1. The summed E-state index contributed by atoms with van der Waals surface area (Å²) in [6, 6.07) is 5.48. The Balaban J connectivity index is 2.08. The lowest BCUT2D eigenvalue weighted by atomic mass is 10.1. The van der Waals surface area contributed by atoms with Gasteiger partial charge in [-0.15, -0.1) is 0 Å². The Kier molecular flexibility index (Phi) is 3.27. The lowest BCUT2D eigenvalue weighted by Gasteiger charge is -2.06. The van der Waals surface area contributed by atoms with Gasteiger partial charge in [0.2, 0.25) is 0 Å². The molecule has 6 heteroatoms. The van der Waals surface area contributed by atoms with Crippen molar-refractivity contribution in [3.8, 4) is 5.75 Å². The Morgan fingerprint density at radius 2 is 2.33 bits per heavy atom. The van der Waals surface area contributed by atoms with Crippen molar-refractivity contribution < 1.29 is 14.3 Å². The predicted molar refractivity (Wildman–Crippen MR) is 62.6 cm³/mol. The van der Waals surface area contributed by atoms with Gasteiger partial charge in [0.15, 0.2) is 0 Å². The van der Waals surface area contributed by atoms with Crippen molar-refractivity contribution >= 4 is 5.91 Å². The lowest BCUT2D eigenvalue weighted by molar-refractivity contribution is 0.0943. The fourth-order valence-electron chi connectivity index (χ4n) is 1.56. The highest BCUT2D eigenvalue weighted by molar-refractivity contribution is 5.96. The predicted octanol–water partition coefficient (Wildman–Crippen LogP) is 1.49.